The number of thiazole rings is 1. The third-order valence-electron chi connectivity index (χ3n) is 5.63. The Labute approximate surface area is 179 Å². The number of fused-ring (bicyclic) bond motifs is 2. The number of benzene rings is 1. The highest BCUT2D eigenvalue weighted by atomic mass is 32.1. The molecule has 2 aromatic rings. The van der Waals surface area contributed by atoms with E-state index in [2.05, 4.69) is 10.3 Å². The van der Waals surface area contributed by atoms with Crippen molar-refractivity contribution in [1.29, 1.82) is 0 Å². The summed E-state index contributed by atoms with van der Waals surface area (Å²) in [7, 11) is 1.47. The predicted octanol–water partition coefficient (Wildman–Crippen LogP) is 2.69. The molecule has 0 aliphatic carbocycles. The molecule has 1 atom stereocenters. The summed E-state index contributed by atoms with van der Waals surface area (Å²) in [6.45, 7) is -0.168. The van der Waals surface area contributed by atoms with Crippen LogP contribution in [-0.4, -0.2) is 60.3 Å². The number of aliphatic hydroxyl groups excluding tert-OH is 1. The maximum atomic E-state index is 13.4. The number of anilines is 2. The van der Waals surface area contributed by atoms with E-state index in [0.717, 1.165) is 23.5 Å². The van der Waals surface area contributed by atoms with E-state index in [9.17, 15) is 22.8 Å². The van der Waals surface area contributed by atoms with E-state index >= 15 is 0 Å². The van der Waals surface area contributed by atoms with E-state index in [4.69, 9.17) is 9.84 Å². The summed E-state index contributed by atoms with van der Waals surface area (Å²) in [6, 6.07) is 2.74. The van der Waals surface area contributed by atoms with Gasteiger partial charge >= 0.3 is 12.2 Å². The summed E-state index contributed by atoms with van der Waals surface area (Å²) in [5, 5.41) is 12.6. The molecule has 1 spiro atoms. The van der Waals surface area contributed by atoms with E-state index in [1.165, 1.54) is 29.2 Å². The zero-order valence-corrected chi connectivity index (χ0v) is 17.2. The van der Waals surface area contributed by atoms with Crippen LogP contribution in [0.3, 0.4) is 0 Å². The molecule has 0 bridgehead atoms. The van der Waals surface area contributed by atoms with Gasteiger partial charge in [-0.05, 0) is 30.2 Å². The lowest BCUT2D eigenvalue weighted by Crippen LogP contribution is -2.42. The van der Waals surface area contributed by atoms with Gasteiger partial charge in [0.25, 0.3) is 0 Å². The van der Waals surface area contributed by atoms with Crippen molar-refractivity contribution in [1.82, 2.24) is 9.88 Å². The minimum Gasteiger partial charge on any atom is -0.486 e. The minimum atomic E-state index is -4.54. The van der Waals surface area contributed by atoms with E-state index in [0.29, 0.717) is 27.9 Å². The summed E-state index contributed by atoms with van der Waals surface area (Å²) in [5.74, 6) is -0.497. The average Bonchev–Trinajstić information content (AvgIpc) is 3.45. The first-order valence-electron chi connectivity index (χ1n) is 9.35. The standard InChI is InChI=1S/C19H19F3N4O4S/c1-30-15-7-23-16(31-15)24-17(29)26-10-18(4-5-25(9-18)14(28)8-27)12-6-11(19(20,21)22)2-3-13(12)26/h2-3,6-7,27H,4-5,8-10H2,1H3,(H,23,24,29). The number of ether oxygens (including phenoxy) is 1. The van der Waals surface area contributed by atoms with Crippen molar-refractivity contribution in [3.8, 4) is 5.06 Å². The molecular weight excluding hydrogens is 437 g/mol. The SMILES string of the molecule is COc1cnc(NC(=O)N2CC3(CCN(C(=O)CO)C3)c3cc(C(F)(F)F)ccc32)s1. The van der Waals surface area contributed by atoms with Crippen LogP contribution >= 0.6 is 11.3 Å². The molecule has 3 amide bonds. The van der Waals surface area contributed by atoms with E-state index in [-0.39, 0.29) is 19.6 Å². The third-order valence-corrected chi connectivity index (χ3v) is 6.51. The molecular formula is C19H19F3N4O4S. The van der Waals surface area contributed by atoms with Gasteiger partial charge < -0.3 is 14.7 Å². The van der Waals surface area contributed by atoms with Crippen molar-refractivity contribution in [3.05, 3.63) is 35.5 Å². The lowest BCUT2D eigenvalue weighted by Gasteiger charge is -2.25. The number of rotatable bonds is 3. The van der Waals surface area contributed by atoms with Gasteiger partial charge in [-0.1, -0.05) is 11.3 Å². The zero-order chi connectivity index (χ0) is 22.4. The minimum absolute atomic E-state index is 0.104. The molecule has 1 fully saturated rings. The van der Waals surface area contributed by atoms with Gasteiger partial charge in [0, 0.05) is 30.7 Å². The number of nitrogens with one attached hydrogen (secondary N) is 1. The Balaban J connectivity index is 1.68. The number of aromatic nitrogens is 1. The highest BCUT2D eigenvalue weighted by Crippen LogP contribution is 2.48. The molecule has 1 unspecified atom stereocenters. The second-order valence-electron chi connectivity index (χ2n) is 7.44. The lowest BCUT2D eigenvalue weighted by atomic mass is 9.81. The Bertz CT molecular complexity index is 1030. The molecule has 0 radical (unpaired) electrons. The van der Waals surface area contributed by atoms with Crippen LogP contribution in [0.25, 0.3) is 0 Å². The number of carbonyl (C=O) groups is 2. The summed E-state index contributed by atoms with van der Waals surface area (Å²) < 4.78 is 45.1. The van der Waals surface area contributed by atoms with Gasteiger partial charge in [-0.15, -0.1) is 0 Å². The van der Waals surface area contributed by atoms with E-state index < -0.39 is 35.7 Å². The van der Waals surface area contributed by atoms with Crippen molar-refractivity contribution in [2.45, 2.75) is 18.0 Å². The maximum Gasteiger partial charge on any atom is 0.416 e. The van der Waals surface area contributed by atoms with Crippen molar-refractivity contribution in [2.75, 3.05) is 43.6 Å². The molecule has 0 saturated carbocycles. The molecule has 3 heterocycles. The van der Waals surface area contributed by atoms with Crippen LogP contribution in [0.2, 0.25) is 0 Å². The molecule has 1 saturated heterocycles. The second kappa shape index (κ2) is 7.68. The number of methoxy groups -OCH3 is 1. The Morgan fingerprint density at radius 1 is 1.35 bits per heavy atom. The molecule has 1 aromatic carbocycles. The number of aliphatic hydroxyl groups is 1. The number of alkyl halides is 3. The summed E-state index contributed by atoms with van der Waals surface area (Å²) in [5.41, 5.74) is -0.946. The highest BCUT2D eigenvalue weighted by Gasteiger charge is 2.50. The molecule has 166 valence electrons. The normalized spacial score (nSPS) is 20.3. The molecule has 2 aliphatic heterocycles. The Hall–Kier alpha value is -2.86. The van der Waals surface area contributed by atoms with Crippen LogP contribution < -0.4 is 15.0 Å². The number of hydrogen-bond donors (Lipinski definition) is 2. The quantitative estimate of drug-likeness (QED) is 0.741. The first kappa shape index (κ1) is 21.4. The van der Waals surface area contributed by atoms with Crippen molar-refractivity contribution >= 4 is 34.1 Å². The molecule has 31 heavy (non-hydrogen) atoms. The smallest absolute Gasteiger partial charge is 0.416 e. The molecule has 8 nitrogen and oxygen atoms in total. The van der Waals surface area contributed by atoms with Crippen LogP contribution in [-0.2, 0) is 16.4 Å². The fourth-order valence-electron chi connectivity index (χ4n) is 4.13. The first-order valence-corrected chi connectivity index (χ1v) is 10.2. The number of amides is 3. The Morgan fingerprint density at radius 2 is 2.13 bits per heavy atom. The fraction of sp³-hybridized carbons (Fsp3) is 0.421. The van der Waals surface area contributed by atoms with Gasteiger partial charge in [-0.2, -0.15) is 13.2 Å². The number of hydrogen-bond acceptors (Lipinski definition) is 6. The van der Waals surface area contributed by atoms with Gasteiger partial charge in [0.05, 0.1) is 18.9 Å². The highest BCUT2D eigenvalue weighted by molar-refractivity contribution is 7.17. The number of carbonyl (C=O) groups excluding carboxylic acids is 2. The summed E-state index contributed by atoms with van der Waals surface area (Å²) in [4.78, 5) is 31.8. The largest absolute Gasteiger partial charge is 0.486 e. The van der Waals surface area contributed by atoms with Gasteiger partial charge in [0.15, 0.2) is 10.2 Å². The van der Waals surface area contributed by atoms with Gasteiger partial charge in [0.2, 0.25) is 5.91 Å². The van der Waals surface area contributed by atoms with Crippen LogP contribution in [0.4, 0.5) is 28.8 Å². The van der Waals surface area contributed by atoms with E-state index in [1.807, 2.05) is 0 Å². The molecule has 2 aliphatic rings. The number of likely N-dealkylation sites (tertiary alicyclic amines) is 1. The Morgan fingerprint density at radius 3 is 2.77 bits per heavy atom. The van der Waals surface area contributed by atoms with Crippen LogP contribution in [0, 0.1) is 0 Å². The average molecular weight is 456 g/mol. The summed E-state index contributed by atoms with van der Waals surface area (Å²) >= 11 is 1.12. The van der Waals surface area contributed by atoms with Crippen LogP contribution in [0.5, 0.6) is 5.06 Å². The van der Waals surface area contributed by atoms with Crippen molar-refractivity contribution in [3.63, 3.8) is 0 Å². The second-order valence-corrected chi connectivity index (χ2v) is 8.43. The predicted molar refractivity (Wildman–Crippen MR) is 106 cm³/mol. The zero-order valence-electron chi connectivity index (χ0n) is 16.4. The maximum absolute atomic E-state index is 13.4. The molecule has 1 aromatic heterocycles. The lowest BCUT2D eigenvalue weighted by molar-refractivity contribution is -0.137. The summed E-state index contributed by atoms with van der Waals surface area (Å²) in [6.07, 6.45) is -2.71. The van der Waals surface area contributed by atoms with E-state index in [1.54, 1.807) is 0 Å². The number of halogens is 3. The number of nitrogens with zero attached hydrogens (tertiary/aromatic N) is 3. The van der Waals surface area contributed by atoms with Crippen LogP contribution in [0.15, 0.2) is 24.4 Å². The van der Waals surface area contributed by atoms with Crippen LogP contribution in [0.1, 0.15) is 17.5 Å². The molecule has 2 N–H and O–H groups in total. The Kier molecular flexibility index (Phi) is 5.30. The van der Waals surface area contributed by atoms with Crippen molar-refractivity contribution < 1.29 is 32.6 Å². The molecule has 12 heteroatoms. The first-order chi connectivity index (χ1) is 14.7. The number of urea groups is 1. The van der Waals surface area contributed by atoms with Crippen molar-refractivity contribution in [2.24, 2.45) is 0 Å². The third kappa shape index (κ3) is 3.81. The topological polar surface area (TPSA) is 95.0 Å². The van der Waals surface area contributed by atoms with Gasteiger partial charge in [-0.3, -0.25) is 15.0 Å². The molecule has 4 rings (SSSR count). The van der Waals surface area contributed by atoms with Gasteiger partial charge in [0.1, 0.15) is 6.61 Å². The fourth-order valence-corrected chi connectivity index (χ4v) is 4.75. The van der Waals surface area contributed by atoms with Gasteiger partial charge in [-0.25, -0.2) is 9.78 Å². The monoisotopic (exact) mass is 456 g/mol.